The SMILES string of the molecule is C[C@]12CCC3c4ccc(O)cc4CCC3C1C[C@H](CCCCCCCCCNc1ccccn1)[C@@H]2O. The summed E-state index contributed by atoms with van der Waals surface area (Å²) >= 11 is 0. The van der Waals surface area contributed by atoms with Gasteiger partial charge in [-0.3, -0.25) is 0 Å². The van der Waals surface area contributed by atoms with Gasteiger partial charge in [-0.15, -0.1) is 0 Å². The van der Waals surface area contributed by atoms with Gasteiger partial charge in [0.2, 0.25) is 0 Å². The molecule has 5 rings (SSSR count). The van der Waals surface area contributed by atoms with Crippen molar-refractivity contribution in [1.29, 1.82) is 0 Å². The molecule has 3 aliphatic rings. The van der Waals surface area contributed by atoms with Crippen molar-refractivity contribution in [2.24, 2.45) is 23.2 Å². The third-order valence-electron chi connectivity index (χ3n) is 10.0. The predicted molar refractivity (Wildman–Crippen MR) is 147 cm³/mol. The number of nitrogens with one attached hydrogen (secondary N) is 1. The zero-order valence-corrected chi connectivity index (χ0v) is 22.2. The van der Waals surface area contributed by atoms with E-state index in [0.717, 1.165) is 25.2 Å². The van der Waals surface area contributed by atoms with E-state index in [-0.39, 0.29) is 11.5 Å². The highest BCUT2D eigenvalue weighted by Gasteiger charge is 2.57. The van der Waals surface area contributed by atoms with Crippen LogP contribution in [0.4, 0.5) is 5.82 Å². The Bertz CT molecular complexity index is 979. The molecular weight excluding hydrogens is 444 g/mol. The van der Waals surface area contributed by atoms with E-state index < -0.39 is 0 Å². The number of aliphatic hydroxyl groups is 1. The Labute approximate surface area is 217 Å². The molecular formula is C32H46N2O2. The van der Waals surface area contributed by atoms with Gasteiger partial charge in [-0.1, -0.05) is 57.6 Å². The first-order chi connectivity index (χ1) is 17.6. The van der Waals surface area contributed by atoms with Crippen molar-refractivity contribution < 1.29 is 10.2 Å². The second-order valence-electron chi connectivity index (χ2n) is 12.2. The number of fused-ring (bicyclic) bond motifs is 5. The molecule has 0 radical (unpaired) electrons. The van der Waals surface area contributed by atoms with Gasteiger partial charge in [0.15, 0.2) is 0 Å². The number of hydrogen-bond donors (Lipinski definition) is 3. The molecule has 36 heavy (non-hydrogen) atoms. The van der Waals surface area contributed by atoms with E-state index in [4.69, 9.17) is 0 Å². The second kappa shape index (κ2) is 11.5. The molecule has 0 spiro atoms. The quantitative estimate of drug-likeness (QED) is 0.286. The van der Waals surface area contributed by atoms with Crippen LogP contribution in [0.1, 0.15) is 101 Å². The van der Waals surface area contributed by atoms with E-state index in [1.807, 2.05) is 36.5 Å². The number of nitrogens with zero attached hydrogens (tertiary/aromatic N) is 1. The van der Waals surface area contributed by atoms with Crippen molar-refractivity contribution in [3.8, 4) is 5.75 Å². The number of anilines is 1. The highest BCUT2D eigenvalue weighted by Crippen LogP contribution is 2.62. The zero-order chi connectivity index (χ0) is 25.0. The van der Waals surface area contributed by atoms with Gasteiger partial charge in [-0.2, -0.15) is 0 Å². The maximum absolute atomic E-state index is 11.4. The fourth-order valence-corrected chi connectivity index (χ4v) is 8.10. The minimum Gasteiger partial charge on any atom is -0.508 e. The van der Waals surface area contributed by atoms with Crippen molar-refractivity contribution in [3.05, 3.63) is 53.7 Å². The molecule has 2 aromatic rings. The summed E-state index contributed by atoms with van der Waals surface area (Å²) in [6.45, 7) is 3.40. The van der Waals surface area contributed by atoms with Crippen LogP contribution in [0.15, 0.2) is 42.6 Å². The minimum atomic E-state index is -0.128. The first kappa shape index (κ1) is 25.6. The minimum absolute atomic E-state index is 0.101. The van der Waals surface area contributed by atoms with E-state index in [2.05, 4.69) is 23.3 Å². The molecule has 1 aromatic carbocycles. The van der Waals surface area contributed by atoms with Crippen LogP contribution in [-0.2, 0) is 6.42 Å². The molecule has 2 saturated carbocycles. The molecule has 0 bridgehead atoms. The van der Waals surface area contributed by atoms with Crippen molar-refractivity contribution >= 4 is 5.82 Å². The van der Waals surface area contributed by atoms with Gasteiger partial charge >= 0.3 is 0 Å². The van der Waals surface area contributed by atoms with Gasteiger partial charge in [0, 0.05) is 12.7 Å². The fourth-order valence-electron chi connectivity index (χ4n) is 8.10. The Morgan fingerprint density at radius 1 is 1.00 bits per heavy atom. The van der Waals surface area contributed by atoms with Gasteiger partial charge < -0.3 is 15.5 Å². The molecule has 196 valence electrons. The molecule has 3 aliphatic carbocycles. The summed E-state index contributed by atoms with van der Waals surface area (Å²) < 4.78 is 0. The predicted octanol–water partition coefficient (Wildman–Crippen LogP) is 7.46. The summed E-state index contributed by atoms with van der Waals surface area (Å²) in [5, 5.41) is 24.8. The lowest BCUT2D eigenvalue weighted by Gasteiger charge is -2.50. The lowest BCUT2D eigenvalue weighted by molar-refractivity contribution is -0.0335. The standard InChI is InChI=1S/C32H46N2O2/c1-32-18-17-27-26-16-14-25(35)21-23(26)13-15-28(27)29(32)22-24(31(32)36)11-7-5-3-2-4-6-9-19-33-30-12-8-10-20-34-30/h8,10,12,14,16,20-21,24,27-29,31,35-36H,2-7,9,11,13,15,17-19,22H2,1H3,(H,33,34)/t24-,27?,28?,29?,31-,32-/m0/s1. The molecule has 1 heterocycles. The van der Waals surface area contributed by atoms with Crippen LogP contribution in [0.3, 0.4) is 0 Å². The molecule has 6 atom stereocenters. The molecule has 0 amide bonds. The molecule has 0 aliphatic heterocycles. The van der Waals surface area contributed by atoms with Crippen LogP contribution in [0, 0.1) is 23.2 Å². The number of aliphatic hydroxyl groups excluding tert-OH is 1. The van der Waals surface area contributed by atoms with Gasteiger partial charge in [0.05, 0.1) is 6.10 Å². The molecule has 0 saturated heterocycles. The maximum Gasteiger partial charge on any atom is 0.125 e. The average molecular weight is 491 g/mol. The summed E-state index contributed by atoms with van der Waals surface area (Å²) in [5.74, 6) is 3.84. The number of phenolic OH excluding ortho intramolecular Hbond substituents is 1. The van der Waals surface area contributed by atoms with Crippen LogP contribution in [0.2, 0.25) is 0 Å². The zero-order valence-electron chi connectivity index (χ0n) is 22.2. The van der Waals surface area contributed by atoms with Crippen molar-refractivity contribution in [2.45, 2.75) is 102 Å². The second-order valence-corrected chi connectivity index (χ2v) is 12.2. The first-order valence-corrected chi connectivity index (χ1v) is 14.7. The van der Waals surface area contributed by atoms with E-state index >= 15 is 0 Å². The van der Waals surface area contributed by atoms with Gasteiger partial charge in [-0.25, -0.2) is 4.98 Å². The number of benzene rings is 1. The normalized spacial score (nSPS) is 30.9. The highest BCUT2D eigenvalue weighted by atomic mass is 16.3. The van der Waals surface area contributed by atoms with Gasteiger partial charge in [0.25, 0.3) is 0 Å². The van der Waals surface area contributed by atoms with E-state index in [1.54, 1.807) is 0 Å². The Morgan fingerprint density at radius 2 is 1.81 bits per heavy atom. The van der Waals surface area contributed by atoms with Crippen LogP contribution >= 0.6 is 0 Å². The maximum atomic E-state index is 11.4. The van der Waals surface area contributed by atoms with Crippen LogP contribution in [-0.4, -0.2) is 27.8 Å². The van der Waals surface area contributed by atoms with E-state index in [9.17, 15) is 10.2 Å². The van der Waals surface area contributed by atoms with Crippen LogP contribution in [0.25, 0.3) is 0 Å². The van der Waals surface area contributed by atoms with Crippen LogP contribution < -0.4 is 5.32 Å². The average Bonchev–Trinajstić information content (AvgIpc) is 3.15. The molecule has 3 N–H and O–H groups in total. The Balaban J connectivity index is 1.01. The lowest BCUT2D eigenvalue weighted by Crippen LogP contribution is -2.44. The number of aromatic nitrogens is 1. The molecule has 4 nitrogen and oxygen atoms in total. The fraction of sp³-hybridized carbons (Fsp3) is 0.656. The van der Waals surface area contributed by atoms with Crippen LogP contribution in [0.5, 0.6) is 5.75 Å². The molecule has 1 aromatic heterocycles. The van der Waals surface area contributed by atoms with Gasteiger partial charge in [-0.05, 0) is 109 Å². The van der Waals surface area contributed by atoms with Crippen molar-refractivity contribution in [2.75, 3.05) is 11.9 Å². The van der Waals surface area contributed by atoms with Crippen molar-refractivity contribution in [3.63, 3.8) is 0 Å². The molecule has 4 heteroatoms. The Morgan fingerprint density at radius 3 is 2.61 bits per heavy atom. The first-order valence-electron chi connectivity index (χ1n) is 14.7. The lowest BCUT2D eigenvalue weighted by atomic mass is 9.55. The third-order valence-corrected chi connectivity index (χ3v) is 10.0. The smallest absolute Gasteiger partial charge is 0.125 e. The Hall–Kier alpha value is -2.07. The Kier molecular flexibility index (Phi) is 8.20. The van der Waals surface area contributed by atoms with Gasteiger partial charge in [0.1, 0.15) is 11.6 Å². The van der Waals surface area contributed by atoms with E-state index in [1.165, 1.54) is 81.8 Å². The third kappa shape index (κ3) is 5.44. The number of hydrogen-bond acceptors (Lipinski definition) is 4. The summed E-state index contributed by atoms with van der Waals surface area (Å²) in [7, 11) is 0. The summed E-state index contributed by atoms with van der Waals surface area (Å²) in [5.41, 5.74) is 2.94. The van der Waals surface area contributed by atoms with Crippen molar-refractivity contribution in [1.82, 2.24) is 4.98 Å². The number of aromatic hydroxyl groups is 1. The van der Waals surface area contributed by atoms with E-state index in [0.29, 0.717) is 29.4 Å². The molecule has 2 fully saturated rings. The monoisotopic (exact) mass is 490 g/mol. The number of unbranched alkanes of at least 4 members (excludes halogenated alkanes) is 6. The molecule has 3 unspecified atom stereocenters. The number of pyridine rings is 1. The number of phenols is 1. The largest absolute Gasteiger partial charge is 0.508 e. The topological polar surface area (TPSA) is 65.4 Å². The summed E-state index contributed by atoms with van der Waals surface area (Å²) in [4.78, 5) is 4.31. The number of rotatable bonds is 11. The number of aryl methyl sites for hydroxylation is 1. The summed E-state index contributed by atoms with van der Waals surface area (Å²) in [6.07, 6.45) is 17.8. The summed E-state index contributed by atoms with van der Waals surface area (Å²) in [6, 6.07) is 12.0. The highest BCUT2D eigenvalue weighted by molar-refractivity contribution is 5.40.